The lowest BCUT2D eigenvalue weighted by molar-refractivity contribution is -0.136. The first-order valence-electron chi connectivity index (χ1n) is 10.4. The number of rotatable bonds is 4. The summed E-state index contributed by atoms with van der Waals surface area (Å²) in [5.74, 6) is 0.00891. The first-order valence-corrected chi connectivity index (χ1v) is 10.4. The highest BCUT2D eigenvalue weighted by Crippen LogP contribution is 2.25. The molecule has 0 aromatic heterocycles. The van der Waals surface area contributed by atoms with Gasteiger partial charge in [0.05, 0.1) is 5.92 Å². The fourth-order valence-corrected chi connectivity index (χ4v) is 4.35. The van der Waals surface area contributed by atoms with E-state index in [9.17, 15) is 9.59 Å². The molecule has 5 nitrogen and oxygen atoms in total. The Kier molecular flexibility index (Phi) is 5.56. The second kappa shape index (κ2) is 8.27. The third-order valence-corrected chi connectivity index (χ3v) is 6.11. The molecule has 2 saturated heterocycles. The highest BCUT2D eigenvalue weighted by atomic mass is 16.2. The molecule has 152 valence electrons. The quantitative estimate of drug-likeness (QED) is 0.805. The largest absolute Gasteiger partial charge is 0.368 e. The Bertz CT molecular complexity index is 885. The van der Waals surface area contributed by atoms with Gasteiger partial charge in [-0.1, -0.05) is 48.0 Å². The van der Waals surface area contributed by atoms with Crippen LogP contribution in [0.3, 0.4) is 0 Å². The predicted molar refractivity (Wildman–Crippen MR) is 115 cm³/mol. The van der Waals surface area contributed by atoms with Crippen LogP contribution in [0.1, 0.15) is 23.1 Å². The standard InChI is InChI=1S/C24H29N3O2/c1-18-7-9-20(10-8-18)16-27-17-21(15-23(27)28)24(29)26-13-11-25(12-14-26)22-6-4-3-5-19(22)2/h3-10,21H,11-17H2,1-2H3/t21-/m1/s1. The van der Waals surface area contributed by atoms with Crippen LogP contribution in [0.15, 0.2) is 48.5 Å². The summed E-state index contributed by atoms with van der Waals surface area (Å²) in [4.78, 5) is 31.6. The van der Waals surface area contributed by atoms with E-state index < -0.39 is 0 Å². The zero-order valence-electron chi connectivity index (χ0n) is 17.3. The van der Waals surface area contributed by atoms with Gasteiger partial charge in [0.2, 0.25) is 11.8 Å². The number of amides is 2. The fourth-order valence-electron chi connectivity index (χ4n) is 4.35. The minimum atomic E-state index is -0.210. The lowest BCUT2D eigenvalue weighted by atomic mass is 10.1. The molecule has 0 bridgehead atoms. The van der Waals surface area contributed by atoms with Gasteiger partial charge >= 0.3 is 0 Å². The lowest BCUT2D eigenvalue weighted by Gasteiger charge is -2.37. The molecule has 4 rings (SSSR count). The van der Waals surface area contributed by atoms with Crippen LogP contribution in [0, 0.1) is 19.8 Å². The molecule has 2 aliphatic rings. The molecule has 2 aromatic carbocycles. The molecule has 0 radical (unpaired) electrons. The fraction of sp³-hybridized carbons (Fsp3) is 0.417. The van der Waals surface area contributed by atoms with Crippen LogP contribution in [0.4, 0.5) is 5.69 Å². The highest BCUT2D eigenvalue weighted by Gasteiger charge is 2.37. The van der Waals surface area contributed by atoms with Crippen LogP contribution in [0.5, 0.6) is 0 Å². The number of hydrogen-bond acceptors (Lipinski definition) is 3. The van der Waals surface area contributed by atoms with Crippen molar-refractivity contribution >= 4 is 17.5 Å². The van der Waals surface area contributed by atoms with Gasteiger partial charge in [0.1, 0.15) is 0 Å². The molecule has 0 saturated carbocycles. The van der Waals surface area contributed by atoms with E-state index >= 15 is 0 Å². The Labute approximate surface area is 172 Å². The number of carbonyl (C=O) groups excluding carboxylic acids is 2. The highest BCUT2D eigenvalue weighted by molar-refractivity contribution is 5.89. The summed E-state index contributed by atoms with van der Waals surface area (Å²) in [6, 6.07) is 16.6. The van der Waals surface area contributed by atoms with E-state index in [1.807, 2.05) is 9.80 Å². The Balaban J connectivity index is 1.33. The summed E-state index contributed by atoms with van der Waals surface area (Å²) in [6.07, 6.45) is 0.336. The third-order valence-electron chi connectivity index (χ3n) is 6.11. The molecule has 5 heteroatoms. The van der Waals surface area contributed by atoms with E-state index in [1.165, 1.54) is 16.8 Å². The van der Waals surface area contributed by atoms with Crippen molar-refractivity contribution in [1.82, 2.24) is 9.80 Å². The van der Waals surface area contributed by atoms with Gasteiger partial charge in [-0.3, -0.25) is 9.59 Å². The van der Waals surface area contributed by atoms with Gasteiger partial charge in [0.15, 0.2) is 0 Å². The van der Waals surface area contributed by atoms with Crippen molar-refractivity contribution in [1.29, 1.82) is 0 Å². The maximum atomic E-state index is 13.0. The van der Waals surface area contributed by atoms with Crippen LogP contribution in [0.2, 0.25) is 0 Å². The van der Waals surface area contributed by atoms with Gasteiger partial charge in [-0.25, -0.2) is 0 Å². The van der Waals surface area contributed by atoms with Crippen molar-refractivity contribution in [2.45, 2.75) is 26.8 Å². The van der Waals surface area contributed by atoms with E-state index in [0.29, 0.717) is 19.5 Å². The molecule has 2 heterocycles. The topological polar surface area (TPSA) is 43.9 Å². The second-order valence-corrected chi connectivity index (χ2v) is 8.26. The Morgan fingerprint density at radius 2 is 1.66 bits per heavy atom. The van der Waals surface area contributed by atoms with Gasteiger partial charge in [0.25, 0.3) is 0 Å². The molecule has 2 aromatic rings. The SMILES string of the molecule is Cc1ccc(CN2C[C@H](C(=O)N3CCN(c4ccccc4C)CC3)CC2=O)cc1. The smallest absolute Gasteiger partial charge is 0.228 e. The number of nitrogens with zero attached hydrogens (tertiary/aromatic N) is 3. The minimum absolute atomic E-state index is 0.0856. The molecular weight excluding hydrogens is 362 g/mol. The Morgan fingerprint density at radius 1 is 0.966 bits per heavy atom. The number of piperazine rings is 1. The number of benzene rings is 2. The maximum Gasteiger partial charge on any atom is 0.228 e. The molecule has 2 fully saturated rings. The second-order valence-electron chi connectivity index (χ2n) is 8.26. The van der Waals surface area contributed by atoms with E-state index in [1.54, 1.807) is 0 Å². The molecule has 2 amide bonds. The monoisotopic (exact) mass is 391 g/mol. The molecule has 0 spiro atoms. The average Bonchev–Trinajstić information content (AvgIpc) is 3.10. The summed E-state index contributed by atoms with van der Waals surface area (Å²) >= 11 is 0. The zero-order valence-corrected chi connectivity index (χ0v) is 17.3. The van der Waals surface area contributed by atoms with Gasteiger partial charge in [-0.15, -0.1) is 0 Å². The lowest BCUT2D eigenvalue weighted by Crippen LogP contribution is -2.50. The van der Waals surface area contributed by atoms with Crippen molar-refractivity contribution < 1.29 is 9.59 Å². The first kappa shape index (κ1) is 19.5. The maximum absolute atomic E-state index is 13.0. The van der Waals surface area contributed by atoms with Crippen molar-refractivity contribution in [3.05, 3.63) is 65.2 Å². The number of hydrogen-bond donors (Lipinski definition) is 0. The van der Waals surface area contributed by atoms with Crippen molar-refractivity contribution in [3.8, 4) is 0 Å². The summed E-state index contributed by atoms with van der Waals surface area (Å²) < 4.78 is 0. The van der Waals surface area contributed by atoms with Crippen molar-refractivity contribution in [2.75, 3.05) is 37.6 Å². The molecule has 2 aliphatic heterocycles. The summed E-state index contributed by atoms with van der Waals surface area (Å²) in [7, 11) is 0. The van der Waals surface area contributed by atoms with Crippen LogP contribution in [-0.2, 0) is 16.1 Å². The van der Waals surface area contributed by atoms with Crippen molar-refractivity contribution in [3.63, 3.8) is 0 Å². The molecular formula is C24H29N3O2. The Morgan fingerprint density at radius 3 is 2.34 bits per heavy atom. The molecule has 0 aliphatic carbocycles. The van der Waals surface area contributed by atoms with Gasteiger partial charge in [-0.2, -0.15) is 0 Å². The van der Waals surface area contributed by atoms with Gasteiger partial charge in [-0.05, 0) is 31.0 Å². The number of likely N-dealkylation sites (tertiary alicyclic amines) is 1. The van der Waals surface area contributed by atoms with Crippen LogP contribution >= 0.6 is 0 Å². The number of para-hydroxylation sites is 1. The van der Waals surface area contributed by atoms with Crippen LogP contribution < -0.4 is 4.90 Å². The molecule has 1 atom stereocenters. The number of anilines is 1. The average molecular weight is 392 g/mol. The van der Waals surface area contributed by atoms with E-state index in [2.05, 4.69) is 67.3 Å². The number of aryl methyl sites for hydroxylation is 2. The summed E-state index contributed by atoms with van der Waals surface area (Å²) in [5, 5.41) is 0. The molecule has 29 heavy (non-hydrogen) atoms. The molecule has 0 N–H and O–H groups in total. The number of carbonyl (C=O) groups is 2. The third kappa shape index (κ3) is 4.29. The normalized spacial score (nSPS) is 19.7. The summed E-state index contributed by atoms with van der Waals surface area (Å²) in [6.45, 7) is 8.41. The van der Waals surface area contributed by atoms with Crippen molar-refractivity contribution in [2.24, 2.45) is 5.92 Å². The predicted octanol–water partition coefficient (Wildman–Crippen LogP) is 3.00. The van der Waals surface area contributed by atoms with Gasteiger partial charge < -0.3 is 14.7 Å². The van der Waals surface area contributed by atoms with Gasteiger partial charge in [0, 0.05) is 51.4 Å². The first-order chi connectivity index (χ1) is 14.0. The molecule has 0 unspecified atom stereocenters. The summed E-state index contributed by atoms with van der Waals surface area (Å²) in [5.41, 5.74) is 4.84. The zero-order chi connectivity index (χ0) is 20.4. The van der Waals surface area contributed by atoms with E-state index in [-0.39, 0.29) is 17.7 Å². The van der Waals surface area contributed by atoms with E-state index in [0.717, 1.165) is 31.7 Å². The van der Waals surface area contributed by atoms with Crippen LogP contribution in [0.25, 0.3) is 0 Å². The Hall–Kier alpha value is -2.82. The van der Waals surface area contributed by atoms with E-state index in [4.69, 9.17) is 0 Å². The minimum Gasteiger partial charge on any atom is -0.368 e. The van der Waals surface area contributed by atoms with Crippen LogP contribution in [-0.4, -0.2) is 54.3 Å².